The van der Waals surface area contributed by atoms with Crippen molar-refractivity contribution >= 4 is 5.97 Å². The molecule has 0 radical (unpaired) electrons. The zero-order valence-corrected chi connectivity index (χ0v) is 14.0. The van der Waals surface area contributed by atoms with Crippen molar-refractivity contribution in [2.45, 2.75) is 70.9 Å². The van der Waals surface area contributed by atoms with Gasteiger partial charge in [-0.15, -0.1) is 0 Å². The molecule has 0 aromatic rings. The van der Waals surface area contributed by atoms with Gasteiger partial charge in [-0.05, 0) is 64.5 Å². The van der Waals surface area contributed by atoms with Crippen LogP contribution in [0.25, 0.3) is 0 Å². The van der Waals surface area contributed by atoms with Crippen LogP contribution in [0.3, 0.4) is 0 Å². The summed E-state index contributed by atoms with van der Waals surface area (Å²) in [5.74, 6) is 0.749. The fourth-order valence-electron chi connectivity index (χ4n) is 4.14. The van der Waals surface area contributed by atoms with Gasteiger partial charge in [0.15, 0.2) is 0 Å². The van der Waals surface area contributed by atoms with Gasteiger partial charge < -0.3 is 15.0 Å². The fourth-order valence-corrected chi connectivity index (χ4v) is 4.14. The Balaban J connectivity index is 2.06. The highest BCUT2D eigenvalue weighted by molar-refractivity contribution is 5.81. The number of esters is 1. The normalized spacial score (nSPS) is 34.6. The number of ether oxygens (including phenoxy) is 1. The highest BCUT2D eigenvalue weighted by Crippen LogP contribution is 2.34. The van der Waals surface area contributed by atoms with E-state index < -0.39 is 5.54 Å². The molecule has 1 saturated heterocycles. The highest BCUT2D eigenvalue weighted by atomic mass is 16.5. The first kappa shape index (κ1) is 16.8. The van der Waals surface area contributed by atoms with Gasteiger partial charge in [0, 0.05) is 12.6 Å². The molecular formula is C17H32N2O2. The van der Waals surface area contributed by atoms with Crippen molar-refractivity contribution < 1.29 is 9.53 Å². The molecule has 1 saturated carbocycles. The minimum atomic E-state index is -0.450. The lowest BCUT2D eigenvalue weighted by molar-refractivity contribution is -0.154. The smallest absolute Gasteiger partial charge is 0.326 e. The number of likely N-dealkylation sites (N-methyl/N-ethyl adjacent to an activating group) is 1. The Morgan fingerprint density at radius 1 is 1.33 bits per heavy atom. The van der Waals surface area contributed by atoms with E-state index in [0.717, 1.165) is 31.7 Å². The summed E-state index contributed by atoms with van der Waals surface area (Å²) in [7, 11) is 0. The molecule has 4 nitrogen and oxygen atoms in total. The van der Waals surface area contributed by atoms with Gasteiger partial charge in [0.05, 0.1) is 6.61 Å². The Labute approximate surface area is 129 Å². The van der Waals surface area contributed by atoms with Crippen molar-refractivity contribution in [3.8, 4) is 0 Å². The second-order valence-electron chi connectivity index (χ2n) is 6.83. The van der Waals surface area contributed by atoms with Crippen LogP contribution < -0.4 is 5.32 Å². The van der Waals surface area contributed by atoms with Crippen LogP contribution in [-0.2, 0) is 9.53 Å². The molecule has 0 aromatic carbocycles. The van der Waals surface area contributed by atoms with Gasteiger partial charge in [0.2, 0.25) is 0 Å². The van der Waals surface area contributed by atoms with Crippen LogP contribution in [0.15, 0.2) is 0 Å². The van der Waals surface area contributed by atoms with Crippen LogP contribution in [0.5, 0.6) is 0 Å². The van der Waals surface area contributed by atoms with Crippen molar-refractivity contribution in [3.63, 3.8) is 0 Å². The summed E-state index contributed by atoms with van der Waals surface area (Å²) in [5, 5.41) is 3.46. The Bertz CT molecular complexity index is 344. The van der Waals surface area contributed by atoms with E-state index in [1.807, 2.05) is 6.92 Å². The summed E-state index contributed by atoms with van der Waals surface area (Å²) < 4.78 is 5.37. The Morgan fingerprint density at radius 2 is 2.14 bits per heavy atom. The standard InChI is InChI=1S/C17H32N2O2/c1-4-18-17(16(20)21-5-2)10-6-9-15(12-17)19-11-7-8-14(3)13-19/h14-15,18H,4-13H2,1-3H3. The number of carbonyl (C=O) groups excluding carboxylic acids is 1. The average Bonchev–Trinajstić information content (AvgIpc) is 2.48. The molecule has 3 unspecified atom stereocenters. The topological polar surface area (TPSA) is 41.6 Å². The summed E-state index contributed by atoms with van der Waals surface area (Å²) >= 11 is 0. The third kappa shape index (κ3) is 3.98. The molecule has 4 heteroatoms. The lowest BCUT2D eigenvalue weighted by atomic mass is 9.77. The van der Waals surface area contributed by atoms with E-state index in [1.165, 1.54) is 32.4 Å². The Morgan fingerprint density at radius 3 is 2.81 bits per heavy atom. The van der Waals surface area contributed by atoms with Crippen LogP contribution in [-0.4, -0.2) is 48.7 Å². The van der Waals surface area contributed by atoms with Crippen molar-refractivity contribution in [1.29, 1.82) is 0 Å². The molecule has 2 aliphatic rings. The maximum absolute atomic E-state index is 12.5. The van der Waals surface area contributed by atoms with Crippen molar-refractivity contribution in [2.75, 3.05) is 26.2 Å². The molecule has 21 heavy (non-hydrogen) atoms. The molecule has 1 N–H and O–H groups in total. The molecule has 0 bridgehead atoms. The lowest BCUT2D eigenvalue weighted by Crippen LogP contribution is -2.59. The molecule has 3 atom stereocenters. The van der Waals surface area contributed by atoms with Crippen LogP contribution in [0.2, 0.25) is 0 Å². The molecule has 1 aliphatic heterocycles. The van der Waals surface area contributed by atoms with Gasteiger partial charge in [-0.25, -0.2) is 0 Å². The number of hydrogen-bond acceptors (Lipinski definition) is 4. The first-order valence-corrected chi connectivity index (χ1v) is 8.77. The SMILES string of the molecule is CCNC1(C(=O)OCC)CCCC(N2CCCC(C)C2)C1. The first-order valence-electron chi connectivity index (χ1n) is 8.77. The molecule has 122 valence electrons. The molecule has 0 amide bonds. The molecule has 0 spiro atoms. The minimum Gasteiger partial charge on any atom is -0.465 e. The summed E-state index contributed by atoms with van der Waals surface area (Å²) in [6.45, 7) is 9.99. The van der Waals surface area contributed by atoms with Crippen LogP contribution >= 0.6 is 0 Å². The van der Waals surface area contributed by atoms with Gasteiger partial charge >= 0.3 is 5.97 Å². The summed E-state index contributed by atoms with van der Waals surface area (Å²) in [4.78, 5) is 15.1. The maximum Gasteiger partial charge on any atom is 0.326 e. The van der Waals surface area contributed by atoms with Gasteiger partial charge in [-0.2, -0.15) is 0 Å². The van der Waals surface area contributed by atoms with Crippen molar-refractivity contribution in [1.82, 2.24) is 10.2 Å². The van der Waals surface area contributed by atoms with E-state index in [2.05, 4.69) is 24.1 Å². The van der Waals surface area contributed by atoms with Crippen LogP contribution in [0.4, 0.5) is 0 Å². The third-order valence-corrected chi connectivity index (χ3v) is 5.11. The molecule has 2 rings (SSSR count). The molecule has 2 fully saturated rings. The molecule has 1 heterocycles. The predicted molar refractivity (Wildman–Crippen MR) is 85.3 cm³/mol. The third-order valence-electron chi connectivity index (χ3n) is 5.11. The summed E-state index contributed by atoms with van der Waals surface area (Å²) in [5.41, 5.74) is -0.450. The van der Waals surface area contributed by atoms with E-state index in [4.69, 9.17) is 4.74 Å². The second-order valence-corrected chi connectivity index (χ2v) is 6.83. The van der Waals surface area contributed by atoms with Crippen LogP contribution in [0, 0.1) is 5.92 Å². The number of nitrogens with one attached hydrogen (secondary N) is 1. The van der Waals surface area contributed by atoms with Gasteiger partial charge in [0.25, 0.3) is 0 Å². The quantitative estimate of drug-likeness (QED) is 0.792. The van der Waals surface area contributed by atoms with E-state index in [0.29, 0.717) is 12.6 Å². The zero-order chi connectivity index (χ0) is 15.3. The van der Waals surface area contributed by atoms with E-state index >= 15 is 0 Å². The van der Waals surface area contributed by atoms with E-state index in [-0.39, 0.29) is 5.97 Å². The van der Waals surface area contributed by atoms with E-state index in [9.17, 15) is 4.79 Å². The first-order chi connectivity index (χ1) is 10.1. The molecule has 0 aromatic heterocycles. The fraction of sp³-hybridized carbons (Fsp3) is 0.941. The van der Waals surface area contributed by atoms with Gasteiger partial charge in [0.1, 0.15) is 5.54 Å². The number of hydrogen-bond donors (Lipinski definition) is 1. The largest absolute Gasteiger partial charge is 0.465 e. The van der Waals surface area contributed by atoms with Crippen molar-refractivity contribution in [3.05, 3.63) is 0 Å². The summed E-state index contributed by atoms with van der Waals surface area (Å²) in [6, 6.07) is 0.532. The maximum atomic E-state index is 12.5. The van der Waals surface area contributed by atoms with Gasteiger partial charge in [-0.3, -0.25) is 4.79 Å². The minimum absolute atomic E-state index is 0.0402. The number of rotatable bonds is 5. The predicted octanol–water partition coefficient (Wildman–Crippen LogP) is 2.57. The van der Waals surface area contributed by atoms with Gasteiger partial charge in [-0.1, -0.05) is 13.8 Å². The zero-order valence-electron chi connectivity index (χ0n) is 14.0. The summed E-state index contributed by atoms with van der Waals surface area (Å²) in [6.07, 6.45) is 6.80. The van der Waals surface area contributed by atoms with E-state index in [1.54, 1.807) is 0 Å². The molecule has 1 aliphatic carbocycles. The number of carbonyl (C=O) groups is 1. The Hall–Kier alpha value is -0.610. The second kappa shape index (κ2) is 7.59. The van der Waals surface area contributed by atoms with Crippen LogP contribution in [0.1, 0.15) is 59.3 Å². The number of piperidine rings is 1. The number of nitrogens with zero attached hydrogens (tertiary/aromatic N) is 1. The Kier molecular flexibility index (Phi) is 6.06. The number of likely N-dealkylation sites (tertiary alicyclic amines) is 1. The lowest BCUT2D eigenvalue weighted by Gasteiger charge is -2.45. The van der Waals surface area contributed by atoms with Crippen molar-refractivity contribution in [2.24, 2.45) is 5.92 Å². The highest BCUT2D eigenvalue weighted by Gasteiger charge is 2.45. The average molecular weight is 296 g/mol. The molecular weight excluding hydrogens is 264 g/mol. The monoisotopic (exact) mass is 296 g/mol.